The summed E-state index contributed by atoms with van der Waals surface area (Å²) >= 11 is 1.77. The lowest BCUT2D eigenvalue weighted by Gasteiger charge is -2.38. The molecule has 1 saturated heterocycles. The van der Waals surface area contributed by atoms with E-state index in [0.717, 1.165) is 18.8 Å². The third-order valence-corrected chi connectivity index (χ3v) is 5.87. The Labute approximate surface area is 144 Å². The normalized spacial score (nSPS) is 16.5. The van der Waals surface area contributed by atoms with Gasteiger partial charge in [0.15, 0.2) is 5.13 Å². The highest BCUT2D eigenvalue weighted by molar-refractivity contribution is 7.14. The molecule has 0 unspecified atom stereocenters. The molecular formula is C19H27N3S. The maximum Gasteiger partial charge on any atom is 0.185 e. The van der Waals surface area contributed by atoms with Crippen LogP contribution in [0.3, 0.4) is 0 Å². The van der Waals surface area contributed by atoms with Crippen LogP contribution in [0, 0.1) is 6.92 Å². The van der Waals surface area contributed by atoms with Gasteiger partial charge in [-0.25, -0.2) is 4.98 Å². The van der Waals surface area contributed by atoms with Crippen molar-refractivity contribution < 1.29 is 0 Å². The van der Waals surface area contributed by atoms with Gasteiger partial charge in [-0.3, -0.25) is 0 Å². The molecule has 1 aliphatic rings. The van der Waals surface area contributed by atoms with Crippen LogP contribution < -0.4 is 4.90 Å². The molecule has 0 spiro atoms. The smallest absolute Gasteiger partial charge is 0.185 e. The minimum absolute atomic E-state index is 0.625. The Balaban J connectivity index is 1.64. The Hall–Kier alpha value is -1.39. The third-order valence-electron chi connectivity index (χ3n) is 4.96. The molecule has 23 heavy (non-hydrogen) atoms. The molecule has 2 aromatic rings. The Morgan fingerprint density at radius 3 is 2.43 bits per heavy atom. The van der Waals surface area contributed by atoms with Gasteiger partial charge in [0.25, 0.3) is 0 Å². The van der Waals surface area contributed by atoms with Crippen molar-refractivity contribution in [2.45, 2.75) is 45.7 Å². The highest BCUT2D eigenvalue weighted by Crippen LogP contribution is 2.30. The van der Waals surface area contributed by atoms with Gasteiger partial charge in [-0.2, -0.15) is 0 Å². The monoisotopic (exact) mass is 329 g/mol. The second-order valence-corrected chi connectivity index (χ2v) is 7.70. The molecule has 0 N–H and O–H groups in total. The maximum absolute atomic E-state index is 4.87. The number of aryl methyl sites for hydroxylation is 1. The zero-order valence-corrected chi connectivity index (χ0v) is 15.4. The number of nitrogens with zero attached hydrogens (tertiary/aromatic N) is 3. The van der Waals surface area contributed by atoms with Gasteiger partial charge >= 0.3 is 0 Å². The molecule has 124 valence electrons. The Morgan fingerprint density at radius 2 is 1.83 bits per heavy atom. The van der Waals surface area contributed by atoms with Crippen molar-refractivity contribution in [3.63, 3.8) is 0 Å². The second kappa shape index (κ2) is 7.02. The van der Waals surface area contributed by atoms with Crippen LogP contribution in [0.2, 0.25) is 0 Å². The molecule has 0 atom stereocenters. The number of aromatic nitrogens is 1. The molecule has 3 rings (SSSR count). The van der Waals surface area contributed by atoms with Crippen molar-refractivity contribution in [3.8, 4) is 11.3 Å². The quantitative estimate of drug-likeness (QED) is 0.827. The summed E-state index contributed by atoms with van der Waals surface area (Å²) in [7, 11) is 2.25. The third kappa shape index (κ3) is 3.75. The van der Waals surface area contributed by atoms with Crippen LogP contribution in [-0.4, -0.2) is 42.1 Å². The number of rotatable bonds is 4. The molecular weight excluding hydrogens is 302 g/mol. The SMILES string of the molecule is Cc1ccc(-c2csc(N3CCC(N(C)C(C)C)CC3)n2)cc1. The topological polar surface area (TPSA) is 19.4 Å². The van der Waals surface area contributed by atoms with Crippen molar-refractivity contribution in [1.82, 2.24) is 9.88 Å². The van der Waals surface area contributed by atoms with Gasteiger partial charge in [-0.1, -0.05) is 29.8 Å². The van der Waals surface area contributed by atoms with E-state index in [2.05, 4.69) is 67.3 Å². The fourth-order valence-electron chi connectivity index (χ4n) is 3.15. The van der Waals surface area contributed by atoms with E-state index in [1.807, 2.05) is 0 Å². The molecule has 0 bridgehead atoms. The summed E-state index contributed by atoms with van der Waals surface area (Å²) in [6.07, 6.45) is 2.46. The minimum Gasteiger partial charge on any atom is -0.348 e. The average molecular weight is 330 g/mol. The summed E-state index contributed by atoms with van der Waals surface area (Å²) in [5.74, 6) is 0. The van der Waals surface area contributed by atoms with Gasteiger partial charge in [-0.15, -0.1) is 11.3 Å². The molecule has 4 heteroatoms. The van der Waals surface area contributed by atoms with E-state index >= 15 is 0 Å². The summed E-state index contributed by atoms with van der Waals surface area (Å²) in [5.41, 5.74) is 3.61. The number of piperidine rings is 1. The Morgan fingerprint density at radius 1 is 1.17 bits per heavy atom. The molecule has 0 saturated carbocycles. The van der Waals surface area contributed by atoms with Crippen LogP contribution in [0.4, 0.5) is 5.13 Å². The highest BCUT2D eigenvalue weighted by atomic mass is 32.1. The number of thiazole rings is 1. The fraction of sp³-hybridized carbons (Fsp3) is 0.526. The van der Waals surface area contributed by atoms with Crippen molar-refractivity contribution in [2.24, 2.45) is 0 Å². The predicted molar refractivity (Wildman–Crippen MR) is 100 cm³/mol. The van der Waals surface area contributed by atoms with Crippen LogP contribution in [0.1, 0.15) is 32.3 Å². The number of hydrogen-bond donors (Lipinski definition) is 0. The number of benzene rings is 1. The standard InChI is InChI=1S/C19H27N3S/c1-14(2)21(4)17-9-11-22(12-10-17)19-20-18(13-23-19)16-7-5-15(3)6-8-16/h5-8,13-14,17H,9-12H2,1-4H3. The fourth-order valence-corrected chi connectivity index (χ4v) is 4.04. The molecule has 0 amide bonds. The zero-order valence-electron chi connectivity index (χ0n) is 14.6. The first-order valence-electron chi connectivity index (χ1n) is 8.54. The minimum atomic E-state index is 0.625. The molecule has 1 fully saturated rings. The molecule has 1 aliphatic heterocycles. The number of hydrogen-bond acceptors (Lipinski definition) is 4. The van der Waals surface area contributed by atoms with Gasteiger partial charge in [0.05, 0.1) is 5.69 Å². The van der Waals surface area contributed by atoms with E-state index in [1.54, 1.807) is 11.3 Å². The number of anilines is 1. The van der Waals surface area contributed by atoms with Crippen LogP contribution in [0.25, 0.3) is 11.3 Å². The zero-order chi connectivity index (χ0) is 16.4. The van der Waals surface area contributed by atoms with E-state index in [9.17, 15) is 0 Å². The van der Waals surface area contributed by atoms with E-state index in [1.165, 1.54) is 29.1 Å². The molecule has 3 nitrogen and oxygen atoms in total. The van der Waals surface area contributed by atoms with Crippen LogP contribution in [0.15, 0.2) is 29.6 Å². The maximum atomic E-state index is 4.87. The van der Waals surface area contributed by atoms with E-state index < -0.39 is 0 Å². The predicted octanol–water partition coefficient (Wildman–Crippen LogP) is 4.43. The van der Waals surface area contributed by atoms with E-state index in [4.69, 9.17) is 4.98 Å². The summed E-state index contributed by atoms with van der Waals surface area (Å²) in [6, 6.07) is 9.97. The van der Waals surface area contributed by atoms with Crippen LogP contribution in [-0.2, 0) is 0 Å². The van der Waals surface area contributed by atoms with Crippen molar-refractivity contribution in [2.75, 3.05) is 25.0 Å². The Bertz CT molecular complexity index is 624. The first-order valence-corrected chi connectivity index (χ1v) is 9.42. The van der Waals surface area contributed by atoms with Crippen LogP contribution >= 0.6 is 11.3 Å². The van der Waals surface area contributed by atoms with E-state index in [-0.39, 0.29) is 0 Å². The second-order valence-electron chi connectivity index (χ2n) is 6.86. The lowest BCUT2D eigenvalue weighted by Crippen LogP contribution is -2.45. The Kier molecular flexibility index (Phi) is 5.02. The molecule has 0 aliphatic carbocycles. The first-order chi connectivity index (χ1) is 11.0. The van der Waals surface area contributed by atoms with Gasteiger partial charge in [0.1, 0.15) is 0 Å². The van der Waals surface area contributed by atoms with Gasteiger partial charge in [-0.05, 0) is 40.7 Å². The summed E-state index contributed by atoms with van der Waals surface area (Å²) in [6.45, 7) is 8.90. The van der Waals surface area contributed by atoms with E-state index in [0.29, 0.717) is 12.1 Å². The largest absolute Gasteiger partial charge is 0.348 e. The molecule has 1 aromatic heterocycles. The van der Waals surface area contributed by atoms with Gasteiger partial charge in [0.2, 0.25) is 0 Å². The van der Waals surface area contributed by atoms with Crippen LogP contribution in [0.5, 0.6) is 0 Å². The lowest BCUT2D eigenvalue weighted by atomic mass is 10.0. The van der Waals surface area contributed by atoms with Crippen molar-refractivity contribution in [1.29, 1.82) is 0 Å². The summed E-state index contributed by atoms with van der Waals surface area (Å²) in [5, 5.41) is 3.36. The van der Waals surface area contributed by atoms with Gasteiger partial charge < -0.3 is 9.80 Å². The lowest BCUT2D eigenvalue weighted by molar-refractivity contribution is 0.168. The highest BCUT2D eigenvalue weighted by Gasteiger charge is 2.25. The molecule has 0 radical (unpaired) electrons. The summed E-state index contributed by atoms with van der Waals surface area (Å²) in [4.78, 5) is 9.83. The molecule has 1 aromatic carbocycles. The first kappa shape index (κ1) is 16.5. The molecule has 2 heterocycles. The van der Waals surface area contributed by atoms with Gasteiger partial charge in [0, 0.05) is 36.1 Å². The van der Waals surface area contributed by atoms with Crippen molar-refractivity contribution in [3.05, 3.63) is 35.2 Å². The van der Waals surface area contributed by atoms with Crippen molar-refractivity contribution >= 4 is 16.5 Å². The average Bonchev–Trinajstić information content (AvgIpc) is 3.05. The summed E-state index contributed by atoms with van der Waals surface area (Å²) < 4.78 is 0.